The van der Waals surface area contributed by atoms with Crippen LogP contribution in [0.25, 0.3) is 0 Å². The second-order valence-electron chi connectivity index (χ2n) is 5.73. The van der Waals surface area contributed by atoms with Gasteiger partial charge in [-0.05, 0) is 45.3 Å². The summed E-state index contributed by atoms with van der Waals surface area (Å²) in [6.07, 6.45) is 10.9. The summed E-state index contributed by atoms with van der Waals surface area (Å²) in [4.78, 5) is 14.3. The van der Waals surface area contributed by atoms with E-state index in [1.54, 1.807) is 0 Å². The normalized spacial score (nSPS) is 20.6. The van der Waals surface area contributed by atoms with Gasteiger partial charge in [-0.1, -0.05) is 13.3 Å². The summed E-state index contributed by atoms with van der Waals surface area (Å²) < 4.78 is 2.17. The first-order valence-electron chi connectivity index (χ1n) is 7.60. The molecular formula is C16H26N2O. The molecule has 1 aliphatic rings. The highest BCUT2D eigenvalue weighted by atomic mass is 16.1. The number of ketones is 1. The zero-order valence-corrected chi connectivity index (χ0v) is 12.3. The van der Waals surface area contributed by atoms with Crippen LogP contribution in [0, 0.1) is 0 Å². The molecule has 0 spiro atoms. The summed E-state index contributed by atoms with van der Waals surface area (Å²) in [6.45, 7) is 4.30. The molecule has 0 aliphatic carbocycles. The molecule has 1 saturated heterocycles. The molecule has 0 amide bonds. The molecule has 106 valence electrons. The van der Waals surface area contributed by atoms with E-state index in [9.17, 15) is 4.79 Å². The van der Waals surface area contributed by atoms with Crippen LogP contribution in [0.15, 0.2) is 18.5 Å². The second kappa shape index (κ2) is 6.90. The summed E-state index contributed by atoms with van der Waals surface area (Å²) in [7, 11) is 2.23. The predicted octanol–water partition coefficient (Wildman–Crippen LogP) is 3.35. The Morgan fingerprint density at radius 2 is 2.26 bits per heavy atom. The zero-order chi connectivity index (χ0) is 13.7. The lowest BCUT2D eigenvalue weighted by Crippen LogP contribution is -2.36. The third kappa shape index (κ3) is 3.93. The van der Waals surface area contributed by atoms with Gasteiger partial charge in [0.1, 0.15) is 0 Å². The molecule has 1 aromatic rings. The highest BCUT2D eigenvalue weighted by molar-refractivity contribution is 5.95. The first-order valence-corrected chi connectivity index (χ1v) is 7.60. The number of aromatic nitrogens is 1. The number of carbonyl (C=O) groups is 1. The Kier molecular flexibility index (Phi) is 5.20. The van der Waals surface area contributed by atoms with E-state index in [0.29, 0.717) is 12.5 Å². The van der Waals surface area contributed by atoms with Gasteiger partial charge in [-0.3, -0.25) is 4.79 Å². The van der Waals surface area contributed by atoms with Gasteiger partial charge in [0.05, 0.1) is 0 Å². The van der Waals surface area contributed by atoms with E-state index < -0.39 is 0 Å². The number of Topliss-reactive ketones (excluding diaryl/α,β-unsaturated/α-hetero) is 1. The topological polar surface area (TPSA) is 25.2 Å². The minimum absolute atomic E-state index is 0.274. The first-order chi connectivity index (χ1) is 9.20. The highest BCUT2D eigenvalue weighted by Gasteiger charge is 2.18. The van der Waals surface area contributed by atoms with Gasteiger partial charge in [0, 0.05) is 37.0 Å². The summed E-state index contributed by atoms with van der Waals surface area (Å²) in [5.41, 5.74) is 0.874. The van der Waals surface area contributed by atoms with Crippen LogP contribution in [0.4, 0.5) is 0 Å². The van der Waals surface area contributed by atoms with Crippen molar-refractivity contribution in [2.45, 2.75) is 58.0 Å². The number of nitrogens with zero attached hydrogens (tertiary/aromatic N) is 2. The smallest absolute Gasteiger partial charge is 0.164 e. The number of carbonyl (C=O) groups excluding carboxylic acids is 1. The molecule has 1 atom stereocenters. The van der Waals surface area contributed by atoms with E-state index in [-0.39, 0.29) is 5.78 Å². The molecule has 0 radical (unpaired) electrons. The molecule has 19 heavy (non-hydrogen) atoms. The fourth-order valence-corrected chi connectivity index (χ4v) is 2.92. The van der Waals surface area contributed by atoms with E-state index >= 15 is 0 Å². The molecule has 3 heteroatoms. The lowest BCUT2D eigenvalue weighted by Gasteiger charge is -2.32. The van der Waals surface area contributed by atoms with Crippen LogP contribution in [-0.4, -0.2) is 34.9 Å². The fraction of sp³-hybridized carbons (Fsp3) is 0.688. The number of hydrogen-bond acceptors (Lipinski definition) is 2. The van der Waals surface area contributed by atoms with Gasteiger partial charge in [0.25, 0.3) is 0 Å². The van der Waals surface area contributed by atoms with Crippen LogP contribution in [0.2, 0.25) is 0 Å². The van der Waals surface area contributed by atoms with Crippen LogP contribution in [0.5, 0.6) is 0 Å². The number of piperidine rings is 1. The maximum Gasteiger partial charge on any atom is 0.164 e. The van der Waals surface area contributed by atoms with Gasteiger partial charge in [-0.2, -0.15) is 0 Å². The first kappa shape index (κ1) is 14.3. The van der Waals surface area contributed by atoms with Crippen molar-refractivity contribution < 1.29 is 4.79 Å². The Morgan fingerprint density at radius 1 is 1.42 bits per heavy atom. The third-order valence-electron chi connectivity index (χ3n) is 4.19. The molecule has 2 heterocycles. The summed E-state index contributed by atoms with van der Waals surface area (Å²) in [5, 5.41) is 0. The number of rotatable bonds is 6. The monoisotopic (exact) mass is 262 g/mol. The van der Waals surface area contributed by atoms with Gasteiger partial charge in [0.2, 0.25) is 0 Å². The Morgan fingerprint density at radius 3 is 3.00 bits per heavy atom. The van der Waals surface area contributed by atoms with E-state index in [1.165, 1.54) is 32.2 Å². The maximum atomic E-state index is 11.8. The molecule has 1 aliphatic heterocycles. The molecule has 1 aromatic heterocycles. The summed E-state index contributed by atoms with van der Waals surface area (Å²) >= 11 is 0. The quantitative estimate of drug-likeness (QED) is 0.735. The van der Waals surface area contributed by atoms with Crippen molar-refractivity contribution in [1.29, 1.82) is 0 Å². The van der Waals surface area contributed by atoms with Gasteiger partial charge in [-0.25, -0.2) is 0 Å². The Labute approximate surface area is 116 Å². The van der Waals surface area contributed by atoms with Crippen LogP contribution in [0.1, 0.15) is 55.8 Å². The third-order valence-corrected chi connectivity index (χ3v) is 4.19. The fourth-order valence-electron chi connectivity index (χ4n) is 2.92. The lowest BCUT2D eigenvalue weighted by molar-refractivity contribution is 0.0981. The van der Waals surface area contributed by atoms with Crippen LogP contribution in [-0.2, 0) is 6.54 Å². The van der Waals surface area contributed by atoms with Crippen molar-refractivity contribution in [2.75, 3.05) is 13.6 Å². The molecule has 1 unspecified atom stereocenters. The number of hydrogen-bond donors (Lipinski definition) is 0. The van der Waals surface area contributed by atoms with Crippen molar-refractivity contribution >= 4 is 5.78 Å². The minimum atomic E-state index is 0.274. The largest absolute Gasteiger partial charge is 0.353 e. The molecule has 0 saturated carbocycles. The van der Waals surface area contributed by atoms with Gasteiger partial charge >= 0.3 is 0 Å². The Bertz CT molecular complexity index is 411. The van der Waals surface area contributed by atoms with E-state index in [1.807, 2.05) is 25.4 Å². The van der Waals surface area contributed by atoms with Crippen molar-refractivity contribution in [3.63, 3.8) is 0 Å². The Hall–Kier alpha value is -1.09. The van der Waals surface area contributed by atoms with Crippen LogP contribution < -0.4 is 0 Å². The van der Waals surface area contributed by atoms with Gasteiger partial charge < -0.3 is 9.47 Å². The second-order valence-corrected chi connectivity index (χ2v) is 5.73. The van der Waals surface area contributed by atoms with Crippen molar-refractivity contribution in [2.24, 2.45) is 0 Å². The van der Waals surface area contributed by atoms with Gasteiger partial charge in [0.15, 0.2) is 5.78 Å². The minimum Gasteiger partial charge on any atom is -0.353 e. The zero-order valence-electron chi connectivity index (χ0n) is 12.3. The van der Waals surface area contributed by atoms with E-state index in [2.05, 4.69) is 16.5 Å². The van der Waals surface area contributed by atoms with E-state index in [4.69, 9.17) is 0 Å². The summed E-state index contributed by atoms with van der Waals surface area (Å²) in [6, 6.07) is 2.67. The van der Waals surface area contributed by atoms with Crippen molar-refractivity contribution in [3.05, 3.63) is 24.0 Å². The Balaban J connectivity index is 1.84. The standard InChI is InChI=1S/C16H26N2O/c1-3-6-16(19)14-8-11-18(13-14)12-9-15-7-4-5-10-17(15)2/h8,11,13,15H,3-7,9-10,12H2,1-2H3. The molecule has 0 N–H and O–H groups in total. The van der Waals surface area contributed by atoms with Crippen LogP contribution in [0.3, 0.4) is 0 Å². The molecule has 1 fully saturated rings. The number of likely N-dealkylation sites (tertiary alicyclic amines) is 1. The SMILES string of the molecule is CCCC(=O)c1ccn(CCC2CCCCN2C)c1. The predicted molar refractivity (Wildman–Crippen MR) is 78.6 cm³/mol. The number of aryl methyl sites for hydroxylation is 1. The van der Waals surface area contributed by atoms with Crippen molar-refractivity contribution in [1.82, 2.24) is 9.47 Å². The maximum absolute atomic E-state index is 11.8. The lowest BCUT2D eigenvalue weighted by atomic mass is 10.0. The molecule has 0 bridgehead atoms. The molecule has 0 aromatic carbocycles. The van der Waals surface area contributed by atoms with E-state index in [0.717, 1.165) is 18.5 Å². The van der Waals surface area contributed by atoms with Crippen LogP contribution >= 0.6 is 0 Å². The molecular weight excluding hydrogens is 236 g/mol. The highest BCUT2D eigenvalue weighted by Crippen LogP contribution is 2.18. The average Bonchev–Trinajstić information content (AvgIpc) is 2.87. The summed E-state index contributed by atoms with van der Waals surface area (Å²) in [5.74, 6) is 0.274. The average molecular weight is 262 g/mol. The van der Waals surface area contributed by atoms with Crippen molar-refractivity contribution in [3.8, 4) is 0 Å². The van der Waals surface area contributed by atoms with Gasteiger partial charge in [-0.15, -0.1) is 0 Å². The molecule has 3 nitrogen and oxygen atoms in total. The molecule has 2 rings (SSSR count).